The first kappa shape index (κ1) is 16.2. The van der Waals surface area contributed by atoms with Crippen LogP contribution < -0.4 is 51.4 Å². The summed E-state index contributed by atoms with van der Waals surface area (Å²) in [6.07, 6.45) is 0.136. The molecule has 1 aliphatic rings. The maximum atomic E-state index is 12.6. The summed E-state index contributed by atoms with van der Waals surface area (Å²) < 4.78 is 42.6. The molecular formula is C11H11BF3KO2. The first-order chi connectivity index (χ1) is 7.95. The Kier molecular flexibility index (Phi) is 5.49. The minimum atomic E-state index is -4.93. The molecule has 7 heteroatoms. The molecule has 0 spiro atoms. The number of carbonyl (C=O) groups is 1. The van der Waals surface area contributed by atoms with Crippen molar-refractivity contribution in [1.82, 2.24) is 0 Å². The second-order valence-electron chi connectivity index (χ2n) is 4.38. The van der Waals surface area contributed by atoms with Gasteiger partial charge in [0, 0.05) is 0 Å². The Morgan fingerprint density at radius 1 is 1.22 bits per heavy atom. The summed E-state index contributed by atoms with van der Waals surface area (Å²) in [5.74, 6) is -0.697. The summed E-state index contributed by atoms with van der Waals surface area (Å²) in [5.41, 5.74) is 0.276. The average molecular weight is 282 g/mol. The quantitative estimate of drug-likeness (QED) is 0.584. The third kappa shape index (κ3) is 3.60. The summed E-state index contributed by atoms with van der Waals surface area (Å²) in [6.45, 7) is -5.48. The molecule has 1 saturated carbocycles. The SMILES string of the molecule is O=C(OCC1([B-](F)(F)F)CC1)c1ccccc1.[K+]. The van der Waals surface area contributed by atoms with Gasteiger partial charge >= 0.3 is 64.3 Å². The van der Waals surface area contributed by atoms with Gasteiger partial charge in [-0.15, -0.1) is 0 Å². The van der Waals surface area contributed by atoms with Crippen LogP contribution in [0.1, 0.15) is 23.2 Å². The van der Waals surface area contributed by atoms with Gasteiger partial charge in [0.15, 0.2) is 0 Å². The molecule has 0 unspecified atom stereocenters. The Morgan fingerprint density at radius 3 is 2.22 bits per heavy atom. The number of carbonyl (C=O) groups excluding carboxylic acids is 1. The van der Waals surface area contributed by atoms with E-state index in [-0.39, 0.29) is 69.8 Å². The van der Waals surface area contributed by atoms with E-state index in [1.807, 2.05) is 0 Å². The predicted molar refractivity (Wildman–Crippen MR) is 57.7 cm³/mol. The average Bonchev–Trinajstić information content (AvgIpc) is 3.07. The number of hydrogen-bond donors (Lipinski definition) is 0. The topological polar surface area (TPSA) is 26.3 Å². The van der Waals surface area contributed by atoms with Crippen LogP contribution in [-0.4, -0.2) is 19.6 Å². The van der Waals surface area contributed by atoms with Crippen LogP contribution in [0.5, 0.6) is 0 Å². The van der Waals surface area contributed by atoms with Crippen molar-refractivity contribution in [2.45, 2.75) is 18.2 Å². The summed E-state index contributed by atoms with van der Waals surface area (Å²) in [4.78, 5) is 11.5. The molecule has 92 valence electrons. The van der Waals surface area contributed by atoms with Gasteiger partial charge in [-0.05, 0) is 17.4 Å². The van der Waals surface area contributed by atoms with E-state index in [1.165, 1.54) is 12.1 Å². The third-order valence-corrected chi connectivity index (χ3v) is 3.09. The van der Waals surface area contributed by atoms with Crippen LogP contribution in [0, 0.1) is 0 Å². The number of esters is 1. The van der Waals surface area contributed by atoms with E-state index in [9.17, 15) is 17.7 Å². The van der Waals surface area contributed by atoms with E-state index < -0.39 is 24.9 Å². The zero-order chi connectivity index (χ0) is 12.5. The van der Waals surface area contributed by atoms with Gasteiger partial charge in [-0.3, -0.25) is 0 Å². The Balaban J connectivity index is 0.00000162. The molecule has 2 nitrogen and oxygen atoms in total. The first-order valence-corrected chi connectivity index (χ1v) is 5.36. The molecule has 0 radical (unpaired) electrons. The van der Waals surface area contributed by atoms with Gasteiger partial charge < -0.3 is 17.7 Å². The van der Waals surface area contributed by atoms with E-state index in [0.717, 1.165) is 0 Å². The summed E-state index contributed by atoms with van der Waals surface area (Å²) in [6, 6.07) is 8.02. The maximum Gasteiger partial charge on any atom is 1.00 e. The number of benzene rings is 1. The molecule has 2 rings (SSSR count). The molecule has 0 aliphatic heterocycles. The molecule has 0 N–H and O–H groups in total. The summed E-state index contributed by atoms with van der Waals surface area (Å²) in [5, 5.41) is -1.73. The maximum absolute atomic E-state index is 12.6. The van der Waals surface area contributed by atoms with E-state index in [2.05, 4.69) is 0 Å². The zero-order valence-corrected chi connectivity index (χ0v) is 13.2. The van der Waals surface area contributed by atoms with Crippen molar-refractivity contribution in [1.29, 1.82) is 0 Å². The molecule has 1 aliphatic carbocycles. The largest absolute Gasteiger partial charge is 1.00 e. The number of ether oxygens (including phenoxy) is 1. The molecular weight excluding hydrogens is 271 g/mol. The zero-order valence-electron chi connectivity index (χ0n) is 10.0. The fourth-order valence-corrected chi connectivity index (χ4v) is 1.59. The molecule has 1 fully saturated rings. The van der Waals surface area contributed by atoms with Crippen molar-refractivity contribution < 1.29 is 73.9 Å². The van der Waals surface area contributed by atoms with Crippen LogP contribution in [0.2, 0.25) is 5.31 Å². The van der Waals surface area contributed by atoms with Gasteiger partial charge in [0.25, 0.3) is 0 Å². The first-order valence-electron chi connectivity index (χ1n) is 5.36. The van der Waals surface area contributed by atoms with Crippen molar-refractivity contribution in [3.8, 4) is 0 Å². The van der Waals surface area contributed by atoms with Gasteiger partial charge in [-0.2, -0.15) is 0 Å². The molecule has 18 heavy (non-hydrogen) atoms. The molecule has 0 saturated heterocycles. The van der Waals surface area contributed by atoms with Gasteiger partial charge in [0.2, 0.25) is 0 Å². The van der Waals surface area contributed by atoms with Crippen molar-refractivity contribution in [2.24, 2.45) is 0 Å². The van der Waals surface area contributed by atoms with Crippen LogP contribution in [-0.2, 0) is 4.74 Å². The Labute approximate surface area is 146 Å². The predicted octanol–water partition coefficient (Wildman–Crippen LogP) is 0.229. The number of halogens is 3. The van der Waals surface area contributed by atoms with Crippen molar-refractivity contribution in [3.05, 3.63) is 35.9 Å². The normalized spacial score (nSPS) is 16.6. The molecule has 0 atom stereocenters. The van der Waals surface area contributed by atoms with Gasteiger partial charge in [0.1, 0.15) is 0 Å². The monoisotopic (exact) mass is 282 g/mol. The Hall–Kier alpha value is 0.181. The summed E-state index contributed by atoms with van der Waals surface area (Å²) in [7, 11) is 0. The summed E-state index contributed by atoms with van der Waals surface area (Å²) >= 11 is 0. The Morgan fingerprint density at radius 2 is 1.78 bits per heavy atom. The molecule has 1 aromatic rings. The van der Waals surface area contributed by atoms with E-state index in [1.54, 1.807) is 18.2 Å². The van der Waals surface area contributed by atoms with Gasteiger partial charge in [-0.1, -0.05) is 31.0 Å². The minimum absolute atomic E-state index is 0. The fraction of sp³-hybridized carbons (Fsp3) is 0.364. The molecule has 0 bridgehead atoms. The van der Waals surface area contributed by atoms with Gasteiger partial charge in [-0.25, -0.2) is 4.79 Å². The third-order valence-electron chi connectivity index (χ3n) is 3.09. The smallest absolute Gasteiger partial charge is 0.465 e. The van der Waals surface area contributed by atoms with Crippen molar-refractivity contribution in [3.63, 3.8) is 0 Å². The fourth-order valence-electron chi connectivity index (χ4n) is 1.59. The molecule has 0 aromatic heterocycles. The Bertz CT molecular complexity index is 418. The standard InChI is InChI=1S/C11H11BF3O2.K/c13-12(14,15)11(6-7-11)8-17-10(16)9-4-2-1-3-5-9;/h1-5H,6-8H2;/q-1;+1. The molecule has 0 heterocycles. The van der Waals surface area contributed by atoms with E-state index >= 15 is 0 Å². The number of hydrogen-bond acceptors (Lipinski definition) is 2. The van der Waals surface area contributed by atoms with Crippen molar-refractivity contribution >= 4 is 12.9 Å². The number of rotatable bonds is 4. The second kappa shape index (κ2) is 6.09. The van der Waals surface area contributed by atoms with Crippen LogP contribution in [0.3, 0.4) is 0 Å². The van der Waals surface area contributed by atoms with Crippen LogP contribution in [0.4, 0.5) is 12.9 Å². The van der Waals surface area contributed by atoms with Crippen LogP contribution >= 0.6 is 0 Å². The van der Waals surface area contributed by atoms with Crippen LogP contribution in [0.25, 0.3) is 0 Å². The van der Waals surface area contributed by atoms with Crippen molar-refractivity contribution in [2.75, 3.05) is 6.61 Å². The van der Waals surface area contributed by atoms with Crippen LogP contribution in [0.15, 0.2) is 30.3 Å². The minimum Gasteiger partial charge on any atom is -0.465 e. The van der Waals surface area contributed by atoms with E-state index in [4.69, 9.17) is 4.74 Å². The van der Waals surface area contributed by atoms with E-state index in [0.29, 0.717) is 0 Å². The van der Waals surface area contributed by atoms with Gasteiger partial charge in [0.05, 0.1) is 12.2 Å². The second-order valence-corrected chi connectivity index (χ2v) is 4.38. The molecule has 1 aromatic carbocycles. The molecule has 0 amide bonds.